The first-order valence-corrected chi connectivity index (χ1v) is 8.38. The lowest BCUT2D eigenvalue weighted by atomic mass is 10.2. The number of carbonyl (C=O) groups excluding carboxylic acids is 2. The second-order valence-corrected chi connectivity index (χ2v) is 5.55. The van der Waals surface area contributed by atoms with E-state index in [0.717, 1.165) is 11.3 Å². The summed E-state index contributed by atoms with van der Waals surface area (Å²) in [5, 5.41) is 6.38. The first kappa shape index (κ1) is 18.2. The van der Waals surface area contributed by atoms with Gasteiger partial charge < -0.3 is 19.5 Å². The van der Waals surface area contributed by atoms with E-state index in [1.54, 1.807) is 18.2 Å². The molecule has 8 heteroatoms. The minimum absolute atomic E-state index is 0.134. The standard InChI is InChI=1S/C19H19N3O5/c1-2-25-15-6-3-13(4-7-15)10-21-22-18(23)11-20-19(24)14-5-8-16-17(9-14)27-12-26-16/h3-10H,2,11-12H2,1H3,(H,20,24)(H,22,23)/b21-10-. The quantitative estimate of drug-likeness (QED) is 0.572. The van der Waals surface area contributed by atoms with E-state index in [9.17, 15) is 9.59 Å². The monoisotopic (exact) mass is 369 g/mol. The lowest BCUT2D eigenvalue weighted by Crippen LogP contribution is -2.34. The van der Waals surface area contributed by atoms with E-state index in [2.05, 4.69) is 15.8 Å². The average molecular weight is 369 g/mol. The molecule has 0 spiro atoms. The maximum Gasteiger partial charge on any atom is 0.259 e. The summed E-state index contributed by atoms with van der Waals surface area (Å²) in [6.07, 6.45) is 1.51. The molecule has 27 heavy (non-hydrogen) atoms. The minimum atomic E-state index is -0.439. The van der Waals surface area contributed by atoms with Crippen LogP contribution in [0.25, 0.3) is 0 Å². The lowest BCUT2D eigenvalue weighted by Gasteiger charge is -2.05. The first-order valence-electron chi connectivity index (χ1n) is 8.38. The van der Waals surface area contributed by atoms with E-state index < -0.39 is 5.91 Å². The fraction of sp³-hybridized carbons (Fsp3) is 0.211. The van der Waals surface area contributed by atoms with E-state index in [-0.39, 0.29) is 19.2 Å². The highest BCUT2D eigenvalue weighted by Crippen LogP contribution is 2.32. The average Bonchev–Trinajstić information content (AvgIpc) is 3.15. The van der Waals surface area contributed by atoms with Crippen LogP contribution in [0.15, 0.2) is 47.6 Å². The molecule has 2 aromatic carbocycles. The number of fused-ring (bicyclic) bond motifs is 1. The summed E-state index contributed by atoms with van der Waals surface area (Å²) in [5.74, 6) is 1.04. The summed E-state index contributed by atoms with van der Waals surface area (Å²) in [7, 11) is 0. The van der Waals surface area contributed by atoms with Crippen LogP contribution in [0.5, 0.6) is 17.2 Å². The molecule has 2 aromatic rings. The van der Waals surface area contributed by atoms with Gasteiger partial charge >= 0.3 is 0 Å². The molecule has 0 radical (unpaired) electrons. The first-order chi connectivity index (χ1) is 13.2. The highest BCUT2D eigenvalue weighted by Gasteiger charge is 2.16. The van der Waals surface area contributed by atoms with Crippen LogP contribution < -0.4 is 25.0 Å². The van der Waals surface area contributed by atoms with Crippen molar-refractivity contribution in [3.8, 4) is 17.2 Å². The van der Waals surface area contributed by atoms with Crippen molar-refractivity contribution in [2.24, 2.45) is 5.10 Å². The van der Waals surface area contributed by atoms with Gasteiger partial charge in [-0.3, -0.25) is 9.59 Å². The van der Waals surface area contributed by atoms with Crippen LogP contribution in [0.3, 0.4) is 0 Å². The van der Waals surface area contributed by atoms with Crippen LogP contribution in [0.4, 0.5) is 0 Å². The Morgan fingerprint density at radius 3 is 2.70 bits per heavy atom. The summed E-state index contributed by atoms with van der Waals surface area (Å²) in [6.45, 7) is 2.45. The topological polar surface area (TPSA) is 98.2 Å². The Kier molecular flexibility index (Phi) is 5.88. The normalized spacial score (nSPS) is 12.0. The van der Waals surface area contributed by atoms with Crippen molar-refractivity contribution in [2.45, 2.75) is 6.92 Å². The Bertz CT molecular complexity index is 849. The summed E-state index contributed by atoms with van der Waals surface area (Å²) in [5.41, 5.74) is 3.55. The second-order valence-electron chi connectivity index (χ2n) is 5.55. The van der Waals surface area contributed by atoms with Gasteiger partial charge in [0.1, 0.15) is 5.75 Å². The molecular weight excluding hydrogens is 350 g/mol. The molecule has 0 bridgehead atoms. The van der Waals surface area contributed by atoms with Crippen molar-refractivity contribution >= 4 is 18.0 Å². The number of ether oxygens (including phenoxy) is 3. The van der Waals surface area contributed by atoms with Gasteiger partial charge in [-0.2, -0.15) is 5.10 Å². The fourth-order valence-electron chi connectivity index (χ4n) is 2.34. The lowest BCUT2D eigenvalue weighted by molar-refractivity contribution is -0.120. The zero-order chi connectivity index (χ0) is 19.1. The molecule has 2 N–H and O–H groups in total. The zero-order valence-corrected chi connectivity index (χ0v) is 14.7. The molecule has 2 amide bonds. The number of hydrogen-bond acceptors (Lipinski definition) is 6. The number of hydrazone groups is 1. The Morgan fingerprint density at radius 1 is 1.15 bits per heavy atom. The van der Waals surface area contributed by atoms with Gasteiger partial charge in [0, 0.05) is 5.56 Å². The molecule has 1 heterocycles. The SMILES string of the molecule is CCOc1ccc(/C=N\NC(=O)CNC(=O)c2ccc3c(c2)OCO3)cc1. The molecular formula is C19H19N3O5. The maximum absolute atomic E-state index is 12.1. The largest absolute Gasteiger partial charge is 0.494 e. The van der Waals surface area contributed by atoms with Crippen LogP contribution in [-0.4, -0.2) is 38.0 Å². The summed E-state index contributed by atoms with van der Waals surface area (Å²) in [4.78, 5) is 23.9. The molecule has 0 saturated heterocycles. The molecule has 0 atom stereocenters. The van der Waals surface area contributed by atoms with E-state index in [1.165, 1.54) is 6.21 Å². The van der Waals surface area contributed by atoms with E-state index in [4.69, 9.17) is 14.2 Å². The van der Waals surface area contributed by atoms with Crippen LogP contribution in [-0.2, 0) is 4.79 Å². The number of carbonyl (C=O) groups is 2. The number of nitrogens with zero attached hydrogens (tertiary/aromatic N) is 1. The second kappa shape index (κ2) is 8.70. The zero-order valence-electron chi connectivity index (χ0n) is 14.7. The molecule has 1 aliphatic heterocycles. The molecule has 0 unspecified atom stereocenters. The van der Waals surface area contributed by atoms with Gasteiger partial charge in [-0.15, -0.1) is 0 Å². The molecule has 8 nitrogen and oxygen atoms in total. The van der Waals surface area contributed by atoms with Crippen molar-refractivity contribution in [2.75, 3.05) is 19.9 Å². The summed E-state index contributed by atoms with van der Waals surface area (Å²) < 4.78 is 15.8. The third-order valence-corrected chi connectivity index (χ3v) is 3.64. The maximum atomic E-state index is 12.1. The summed E-state index contributed by atoms with van der Waals surface area (Å²) >= 11 is 0. The molecule has 0 aliphatic carbocycles. The molecule has 3 rings (SSSR count). The Morgan fingerprint density at radius 2 is 1.93 bits per heavy atom. The van der Waals surface area contributed by atoms with Gasteiger partial charge in [-0.05, 0) is 55.0 Å². The van der Waals surface area contributed by atoms with E-state index >= 15 is 0 Å². The molecule has 0 saturated carbocycles. The molecule has 0 aromatic heterocycles. The number of nitrogens with one attached hydrogen (secondary N) is 2. The van der Waals surface area contributed by atoms with Crippen LogP contribution >= 0.6 is 0 Å². The number of hydrogen-bond donors (Lipinski definition) is 2. The number of rotatable bonds is 7. The van der Waals surface area contributed by atoms with Crippen LogP contribution in [0.2, 0.25) is 0 Å². The highest BCUT2D eigenvalue weighted by molar-refractivity contribution is 5.97. The molecule has 140 valence electrons. The Hall–Kier alpha value is -3.55. The minimum Gasteiger partial charge on any atom is -0.494 e. The predicted octanol–water partition coefficient (Wildman–Crippen LogP) is 1.69. The van der Waals surface area contributed by atoms with Crippen LogP contribution in [0.1, 0.15) is 22.8 Å². The third kappa shape index (κ3) is 4.97. The van der Waals surface area contributed by atoms with Gasteiger partial charge in [-0.25, -0.2) is 5.43 Å². The van der Waals surface area contributed by atoms with E-state index in [1.807, 2.05) is 31.2 Å². The summed E-state index contributed by atoms with van der Waals surface area (Å²) in [6, 6.07) is 12.1. The predicted molar refractivity (Wildman–Crippen MR) is 98.2 cm³/mol. The highest BCUT2D eigenvalue weighted by atomic mass is 16.7. The van der Waals surface area contributed by atoms with Gasteiger partial charge in [-0.1, -0.05) is 0 Å². The molecule has 0 fully saturated rings. The van der Waals surface area contributed by atoms with Crippen molar-refractivity contribution < 1.29 is 23.8 Å². The van der Waals surface area contributed by atoms with Crippen molar-refractivity contribution in [3.63, 3.8) is 0 Å². The number of benzene rings is 2. The van der Waals surface area contributed by atoms with Crippen LogP contribution in [0, 0.1) is 0 Å². The molecule has 1 aliphatic rings. The Labute approximate surface area is 156 Å². The van der Waals surface area contributed by atoms with Gasteiger partial charge in [0.2, 0.25) is 6.79 Å². The smallest absolute Gasteiger partial charge is 0.259 e. The van der Waals surface area contributed by atoms with Crippen molar-refractivity contribution in [1.29, 1.82) is 0 Å². The van der Waals surface area contributed by atoms with E-state index in [0.29, 0.717) is 23.7 Å². The van der Waals surface area contributed by atoms with Gasteiger partial charge in [0.15, 0.2) is 11.5 Å². The van der Waals surface area contributed by atoms with Crippen molar-refractivity contribution in [3.05, 3.63) is 53.6 Å². The fourth-order valence-corrected chi connectivity index (χ4v) is 2.34. The number of amides is 2. The third-order valence-electron chi connectivity index (χ3n) is 3.64. The Balaban J connectivity index is 1.44. The van der Waals surface area contributed by atoms with Gasteiger partial charge in [0.05, 0.1) is 19.4 Å². The van der Waals surface area contributed by atoms with Crippen molar-refractivity contribution in [1.82, 2.24) is 10.7 Å². The van der Waals surface area contributed by atoms with Gasteiger partial charge in [0.25, 0.3) is 11.8 Å².